The van der Waals surface area contributed by atoms with Crippen LogP contribution in [0, 0.1) is 5.41 Å². The summed E-state index contributed by atoms with van der Waals surface area (Å²) in [6.45, 7) is 9.69. The SMILES string of the molecule is CON1C[C@@H](C)N(C(=O)CC(C)(C)C)C1. The molecule has 4 heteroatoms. The van der Waals surface area contributed by atoms with Crippen molar-refractivity contribution in [2.45, 2.75) is 40.2 Å². The van der Waals surface area contributed by atoms with Gasteiger partial charge in [-0.2, -0.15) is 5.06 Å². The van der Waals surface area contributed by atoms with Crippen LogP contribution < -0.4 is 0 Å². The van der Waals surface area contributed by atoms with E-state index in [1.54, 1.807) is 7.11 Å². The van der Waals surface area contributed by atoms with Gasteiger partial charge in [0.1, 0.15) is 0 Å². The minimum atomic E-state index is 0.0529. The summed E-state index contributed by atoms with van der Waals surface area (Å²) in [6.07, 6.45) is 0.592. The molecular formula is C11H22N2O2. The van der Waals surface area contributed by atoms with Crippen LogP contribution >= 0.6 is 0 Å². The van der Waals surface area contributed by atoms with Crippen molar-refractivity contribution in [3.63, 3.8) is 0 Å². The lowest BCUT2D eigenvalue weighted by Gasteiger charge is -2.25. The van der Waals surface area contributed by atoms with Crippen molar-refractivity contribution < 1.29 is 9.63 Å². The third-order valence-corrected chi connectivity index (χ3v) is 2.57. The van der Waals surface area contributed by atoms with Crippen LogP contribution in [0.4, 0.5) is 0 Å². The molecule has 0 bridgehead atoms. The van der Waals surface area contributed by atoms with Crippen molar-refractivity contribution in [3.8, 4) is 0 Å². The molecule has 1 amide bonds. The molecular weight excluding hydrogens is 192 g/mol. The maximum absolute atomic E-state index is 12.0. The summed E-state index contributed by atoms with van der Waals surface area (Å²) >= 11 is 0. The molecule has 0 aromatic carbocycles. The number of nitrogens with zero attached hydrogens (tertiary/aromatic N) is 2. The molecule has 0 aliphatic carbocycles. The van der Waals surface area contributed by atoms with Crippen molar-refractivity contribution in [2.24, 2.45) is 5.41 Å². The van der Waals surface area contributed by atoms with Crippen LogP contribution in [0.1, 0.15) is 34.1 Å². The molecule has 0 aromatic heterocycles. The fraction of sp³-hybridized carbons (Fsp3) is 0.909. The van der Waals surface area contributed by atoms with Gasteiger partial charge in [0.25, 0.3) is 0 Å². The molecule has 1 atom stereocenters. The molecule has 0 saturated carbocycles. The Balaban J connectivity index is 2.54. The van der Waals surface area contributed by atoms with E-state index in [0.29, 0.717) is 13.1 Å². The van der Waals surface area contributed by atoms with E-state index in [2.05, 4.69) is 27.7 Å². The molecule has 1 aliphatic heterocycles. The Morgan fingerprint density at radius 3 is 2.47 bits per heavy atom. The fourth-order valence-corrected chi connectivity index (χ4v) is 1.77. The van der Waals surface area contributed by atoms with E-state index >= 15 is 0 Å². The van der Waals surface area contributed by atoms with Crippen molar-refractivity contribution in [1.29, 1.82) is 0 Å². The summed E-state index contributed by atoms with van der Waals surface area (Å²) in [5.74, 6) is 0.217. The van der Waals surface area contributed by atoms with Crippen LogP contribution in [0.3, 0.4) is 0 Å². The Labute approximate surface area is 92.1 Å². The van der Waals surface area contributed by atoms with E-state index in [1.807, 2.05) is 9.96 Å². The van der Waals surface area contributed by atoms with Gasteiger partial charge in [-0.15, -0.1) is 0 Å². The lowest BCUT2D eigenvalue weighted by molar-refractivity contribution is -0.144. The Morgan fingerprint density at radius 2 is 2.07 bits per heavy atom. The van der Waals surface area contributed by atoms with Gasteiger partial charge >= 0.3 is 0 Å². The number of amides is 1. The fourth-order valence-electron chi connectivity index (χ4n) is 1.77. The van der Waals surface area contributed by atoms with E-state index in [-0.39, 0.29) is 17.4 Å². The van der Waals surface area contributed by atoms with Crippen LogP contribution in [0.2, 0.25) is 0 Å². The van der Waals surface area contributed by atoms with Gasteiger partial charge in [-0.1, -0.05) is 20.8 Å². The third kappa shape index (κ3) is 3.47. The normalized spacial score (nSPS) is 23.5. The first kappa shape index (κ1) is 12.5. The molecule has 0 unspecified atom stereocenters. The van der Waals surface area contributed by atoms with E-state index < -0.39 is 0 Å². The lowest BCUT2D eigenvalue weighted by Crippen LogP contribution is -2.37. The largest absolute Gasteiger partial charge is 0.323 e. The molecule has 1 heterocycles. The summed E-state index contributed by atoms with van der Waals surface area (Å²) in [5, 5.41) is 1.81. The predicted octanol–water partition coefficient (Wildman–Crippen LogP) is 1.47. The van der Waals surface area contributed by atoms with E-state index in [1.165, 1.54) is 0 Å². The van der Waals surface area contributed by atoms with Crippen LogP contribution in [0.15, 0.2) is 0 Å². The van der Waals surface area contributed by atoms with Gasteiger partial charge in [-0.25, -0.2) is 0 Å². The van der Waals surface area contributed by atoms with E-state index in [0.717, 1.165) is 6.54 Å². The molecule has 1 saturated heterocycles. The van der Waals surface area contributed by atoms with Gasteiger partial charge < -0.3 is 9.74 Å². The van der Waals surface area contributed by atoms with Crippen LogP contribution in [-0.2, 0) is 9.63 Å². The van der Waals surface area contributed by atoms with Crippen molar-refractivity contribution in [2.75, 3.05) is 20.3 Å². The summed E-state index contributed by atoms with van der Waals surface area (Å²) in [5.41, 5.74) is 0.0529. The average molecular weight is 214 g/mol. The highest BCUT2D eigenvalue weighted by molar-refractivity contribution is 5.77. The van der Waals surface area contributed by atoms with Crippen LogP contribution in [0.25, 0.3) is 0 Å². The molecule has 4 nitrogen and oxygen atoms in total. The summed E-state index contributed by atoms with van der Waals surface area (Å²) in [7, 11) is 1.64. The molecule has 88 valence electrons. The second-order valence-electron chi connectivity index (χ2n) is 5.44. The first-order chi connectivity index (χ1) is 6.83. The monoisotopic (exact) mass is 214 g/mol. The Morgan fingerprint density at radius 1 is 1.47 bits per heavy atom. The number of hydrogen-bond donors (Lipinski definition) is 0. The van der Waals surface area contributed by atoms with E-state index in [9.17, 15) is 4.79 Å². The summed E-state index contributed by atoms with van der Waals surface area (Å²) in [6, 6.07) is 0.250. The summed E-state index contributed by atoms with van der Waals surface area (Å²) < 4.78 is 0. The number of rotatable bonds is 2. The topological polar surface area (TPSA) is 32.8 Å². The Kier molecular flexibility index (Phi) is 3.73. The molecule has 1 aliphatic rings. The average Bonchev–Trinajstić information content (AvgIpc) is 2.43. The third-order valence-electron chi connectivity index (χ3n) is 2.57. The van der Waals surface area contributed by atoms with E-state index in [4.69, 9.17) is 4.84 Å². The first-order valence-corrected chi connectivity index (χ1v) is 5.42. The quantitative estimate of drug-likeness (QED) is 0.698. The highest BCUT2D eigenvalue weighted by atomic mass is 16.7. The number of carbonyl (C=O) groups excluding carboxylic acids is 1. The van der Waals surface area contributed by atoms with Gasteiger partial charge in [0.15, 0.2) is 0 Å². The van der Waals surface area contributed by atoms with Gasteiger partial charge in [0.05, 0.1) is 13.8 Å². The molecule has 1 rings (SSSR count). The molecule has 0 aromatic rings. The minimum absolute atomic E-state index is 0.0529. The highest BCUT2D eigenvalue weighted by Gasteiger charge is 2.32. The van der Waals surface area contributed by atoms with Gasteiger partial charge in [0, 0.05) is 19.0 Å². The zero-order valence-corrected chi connectivity index (χ0v) is 10.4. The highest BCUT2D eigenvalue weighted by Crippen LogP contribution is 2.22. The number of carbonyl (C=O) groups is 1. The molecule has 0 spiro atoms. The Bertz CT molecular complexity index is 235. The molecule has 0 radical (unpaired) electrons. The minimum Gasteiger partial charge on any atom is -0.323 e. The van der Waals surface area contributed by atoms with Crippen LogP contribution in [0.5, 0.6) is 0 Å². The molecule has 1 fully saturated rings. The standard InChI is InChI=1S/C11H22N2O2/c1-9-7-12(15-5)8-13(9)10(14)6-11(2,3)4/h9H,6-8H2,1-5H3/t9-/m1/s1. The molecule has 0 N–H and O–H groups in total. The predicted molar refractivity (Wildman–Crippen MR) is 59.0 cm³/mol. The van der Waals surface area contributed by atoms with Gasteiger partial charge in [-0.3, -0.25) is 4.79 Å². The second kappa shape index (κ2) is 4.49. The Hall–Kier alpha value is -0.610. The maximum Gasteiger partial charge on any atom is 0.224 e. The van der Waals surface area contributed by atoms with Gasteiger partial charge in [-0.05, 0) is 12.3 Å². The second-order valence-corrected chi connectivity index (χ2v) is 5.44. The number of hydroxylamine groups is 2. The van der Waals surface area contributed by atoms with Crippen molar-refractivity contribution in [1.82, 2.24) is 9.96 Å². The summed E-state index contributed by atoms with van der Waals surface area (Å²) in [4.78, 5) is 19.0. The van der Waals surface area contributed by atoms with Crippen molar-refractivity contribution in [3.05, 3.63) is 0 Å². The molecule has 15 heavy (non-hydrogen) atoms. The smallest absolute Gasteiger partial charge is 0.224 e. The lowest BCUT2D eigenvalue weighted by atomic mass is 9.91. The van der Waals surface area contributed by atoms with Crippen molar-refractivity contribution >= 4 is 5.91 Å². The number of hydrogen-bond acceptors (Lipinski definition) is 3. The maximum atomic E-state index is 12.0. The first-order valence-electron chi connectivity index (χ1n) is 5.42. The van der Waals surface area contributed by atoms with Gasteiger partial charge in [0.2, 0.25) is 5.91 Å². The zero-order valence-electron chi connectivity index (χ0n) is 10.4. The van der Waals surface area contributed by atoms with Crippen LogP contribution in [-0.4, -0.2) is 42.2 Å². The zero-order chi connectivity index (χ0) is 11.6.